The van der Waals surface area contributed by atoms with E-state index < -0.39 is 36.9 Å². The molecule has 1 fully saturated rings. The minimum absolute atomic E-state index is 0.0188. The van der Waals surface area contributed by atoms with Crippen LogP contribution in [-0.4, -0.2) is 68.0 Å². The van der Waals surface area contributed by atoms with Crippen LogP contribution in [0.3, 0.4) is 0 Å². The second-order valence-corrected chi connectivity index (χ2v) is 13.1. The molecule has 274 valence electrons. The molecule has 1 saturated carbocycles. The Labute approximate surface area is 300 Å². The van der Waals surface area contributed by atoms with E-state index in [1.165, 1.54) is 32.4 Å². The highest BCUT2D eigenvalue weighted by atomic mass is 35.5. The van der Waals surface area contributed by atoms with Gasteiger partial charge in [-0.3, -0.25) is 9.69 Å². The molecule has 1 amide bonds. The molecular weight excluding hydrogens is 701 g/mol. The van der Waals surface area contributed by atoms with E-state index in [2.05, 4.69) is 9.89 Å². The molecule has 50 heavy (non-hydrogen) atoms. The number of carbonyl (C=O) groups excluding carboxylic acids is 2. The molecule has 11 nitrogen and oxygen atoms in total. The van der Waals surface area contributed by atoms with Gasteiger partial charge in [-0.15, -0.1) is 0 Å². The van der Waals surface area contributed by atoms with Gasteiger partial charge in [0.25, 0.3) is 0 Å². The maximum atomic E-state index is 13.7. The van der Waals surface area contributed by atoms with Crippen LogP contribution in [0.2, 0.25) is 0 Å². The van der Waals surface area contributed by atoms with E-state index in [4.69, 9.17) is 52.1 Å². The Morgan fingerprint density at radius 2 is 1.72 bits per heavy atom. The number of ether oxygens (including phenoxy) is 6. The van der Waals surface area contributed by atoms with Crippen LogP contribution < -0.4 is 18.9 Å². The van der Waals surface area contributed by atoms with Crippen molar-refractivity contribution < 1.29 is 52.0 Å². The van der Waals surface area contributed by atoms with Gasteiger partial charge in [0.2, 0.25) is 0 Å². The molecule has 1 atom stereocenters. The zero-order valence-corrected chi connectivity index (χ0v) is 30.2. The second kappa shape index (κ2) is 18.7. The first kappa shape index (κ1) is 40.2. The van der Waals surface area contributed by atoms with E-state index in [1.807, 2.05) is 0 Å². The van der Waals surface area contributed by atoms with Gasteiger partial charge in [0, 0.05) is 18.0 Å². The van der Waals surface area contributed by atoms with Gasteiger partial charge < -0.3 is 33.6 Å². The largest absolute Gasteiger partial charge is 0.493 e. The van der Waals surface area contributed by atoms with E-state index in [0.29, 0.717) is 22.6 Å². The summed E-state index contributed by atoms with van der Waals surface area (Å²) in [5.41, 5.74) is 0.281. The number of carbonyl (C=O) groups is 2. The van der Waals surface area contributed by atoms with Gasteiger partial charge in [-0.2, -0.15) is 8.78 Å². The Kier molecular flexibility index (Phi) is 15.0. The number of allylic oxidation sites excluding steroid dienone is 3. The van der Waals surface area contributed by atoms with Crippen LogP contribution in [0.15, 0.2) is 63.3 Å². The summed E-state index contributed by atoms with van der Waals surface area (Å²) in [7, 11) is 2.97. The first-order valence-electron chi connectivity index (χ1n) is 15.7. The topological polar surface area (TPSA) is 125 Å². The molecule has 3 rings (SSSR count). The van der Waals surface area contributed by atoms with E-state index in [1.54, 1.807) is 52.0 Å². The molecule has 1 aliphatic rings. The number of benzene rings is 2. The van der Waals surface area contributed by atoms with Gasteiger partial charge in [0.1, 0.15) is 18.2 Å². The van der Waals surface area contributed by atoms with E-state index >= 15 is 0 Å². The molecular formula is C35H42Cl2F2N2O9. The summed E-state index contributed by atoms with van der Waals surface area (Å²) in [4.78, 5) is 28.2. The fourth-order valence-corrected chi connectivity index (χ4v) is 5.06. The fourth-order valence-electron chi connectivity index (χ4n) is 4.61. The Balaban J connectivity index is 2.02. The lowest BCUT2D eigenvalue weighted by molar-refractivity contribution is -0.150. The zero-order chi connectivity index (χ0) is 37.0. The van der Waals surface area contributed by atoms with Crippen molar-refractivity contribution in [1.29, 1.82) is 0 Å². The van der Waals surface area contributed by atoms with Crippen molar-refractivity contribution in [1.82, 2.24) is 4.90 Å². The van der Waals surface area contributed by atoms with Gasteiger partial charge in [0.05, 0.1) is 32.1 Å². The molecule has 0 aliphatic heterocycles. The Morgan fingerprint density at radius 1 is 1.04 bits per heavy atom. The third kappa shape index (κ3) is 12.6. The molecule has 15 heteroatoms. The Hall–Kier alpha value is -4.23. The normalized spacial score (nSPS) is 14.6. The van der Waals surface area contributed by atoms with Crippen molar-refractivity contribution in [2.45, 2.75) is 71.8 Å². The molecule has 0 bridgehead atoms. The van der Waals surface area contributed by atoms with Crippen LogP contribution in [-0.2, 0) is 20.8 Å². The van der Waals surface area contributed by atoms with Crippen LogP contribution >= 0.6 is 23.2 Å². The number of nitrogens with zero attached hydrogens (tertiary/aromatic N) is 2. The molecule has 0 heterocycles. The molecule has 1 N–H and O–H groups in total. The summed E-state index contributed by atoms with van der Waals surface area (Å²) in [6, 6.07) is 9.19. The third-order valence-corrected chi connectivity index (χ3v) is 7.96. The van der Waals surface area contributed by atoms with Crippen molar-refractivity contribution in [2.24, 2.45) is 11.1 Å². The molecule has 1 unspecified atom stereocenters. The zero-order valence-electron chi connectivity index (χ0n) is 28.7. The maximum Gasteiger partial charge on any atom is 0.411 e. The predicted molar refractivity (Wildman–Crippen MR) is 184 cm³/mol. The third-order valence-electron chi connectivity index (χ3n) is 7.18. The lowest BCUT2D eigenvalue weighted by Crippen LogP contribution is -2.40. The minimum atomic E-state index is -3.11. The number of alkyl halides is 2. The average Bonchev–Trinajstić information content (AvgIpc) is 3.89. The first-order chi connectivity index (χ1) is 23.7. The van der Waals surface area contributed by atoms with Crippen LogP contribution in [0, 0.1) is 5.92 Å². The highest BCUT2D eigenvalue weighted by Crippen LogP contribution is 2.39. The van der Waals surface area contributed by atoms with Gasteiger partial charge in [-0.25, -0.2) is 4.79 Å². The number of rotatable bonds is 17. The lowest BCUT2D eigenvalue weighted by atomic mass is 9.99. The number of methoxy groups -OCH3 is 2. The monoisotopic (exact) mass is 742 g/mol. The quantitative estimate of drug-likeness (QED) is 0.0558. The van der Waals surface area contributed by atoms with Crippen molar-refractivity contribution >= 4 is 41.5 Å². The van der Waals surface area contributed by atoms with Crippen molar-refractivity contribution in [2.75, 3.05) is 27.4 Å². The summed E-state index contributed by atoms with van der Waals surface area (Å²) in [6.45, 7) is 3.27. The van der Waals surface area contributed by atoms with Crippen LogP contribution in [0.1, 0.15) is 64.2 Å². The molecule has 0 saturated heterocycles. The molecule has 0 radical (unpaired) electrons. The minimum Gasteiger partial charge on any atom is -0.493 e. The lowest BCUT2D eigenvalue weighted by Gasteiger charge is -2.28. The number of esters is 1. The van der Waals surface area contributed by atoms with Gasteiger partial charge >= 0.3 is 18.7 Å². The predicted octanol–water partition coefficient (Wildman–Crippen LogP) is 8.60. The summed E-state index contributed by atoms with van der Waals surface area (Å²) >= 11 is 12.9. The number of amides is 1. The Morgan fingerprint density at radius 3 is 2.30 bits per heavy atom. The molecule has 1 aliphatic carbocycles. The Bertz CT molecular complexity index is 1570. The van der Waals surface area contributed by atoms with E-state index in [0.717, 1.165) is 24.0 Å². The summed E-state index contributed by atoms with van der Waals surface area (Å²) in [5, 5.41) is 12.2. The summed E-state index contributed by atoms with van der Waals surface area (Å²) < 4.78 is 59.3. The molecule has 0 spiro atoms. The van der Waals surface area contributed by atoms with E-state index in [9.17, 15) is 18.4 Å². The highest BCUT2D eigenvalue weighted by molar-refractivity contribution is 6.42. The fraction of sp³-hybridized carbons (Fsp3) is 0.457. The molecule has 2 aromatic carbocycles. The number of hydrogen-bond acceptors (Lipinski definition) is 10. The second-order valence-electron chi connectivity index (χ2n) is 12.3. The average molecular weight is 744 g/mol. The highest BCUT2D eigenvalue weighted by Gasteiger charge is 2.29. The van der Waals surface area contributed by atoms with E-state index in [-0.39, 0.29) is 52.6 Å². The van der Waals surface area contributed by atoms with Crippen LogP contribution in [0.4, 0.5) is 13.6 Å². The number of oxime groups is 1. The number of halogens is 4. The van der Waals surface area contributed by atoms with Crippen molar-refractivity contribution in [3.05, 3.63) is 69.2 Å². The van der Waals surface area contributed by atoms with Crippen molar-refractivity contribution in [3.63, 3.8) is 0 Å². The van der Waals surface area contributed by atoms with Crippen molar-refractivity contribution in [3.8, 4) is 23.0 Å². The number of hydrogen-bond donors (Lipinski definition) is 1. The maximum absolute atomic E-state index is 13.7. The SMILES string of the molecule is C\C=C(Cl)/C(CC(OC(=O)CN(Cc1ccc(OC)c(OC)c1)C(=O)OC(C)(C)C)c1ccc(OC(F)F)c(OCC2CC2)c1)=C(Cl)\C=N\O. The first-order valence-corrected chi connectivity index (χ1v) is 16.4. The van der Waals surface area contributed by atoms with Crippen LogP contribution in [0.25, 0.3) is 0 Å². The van der Waals surface area contributed by atoms with Gasteiger partial charge in [-0.05, 0) is 87.4 Å². The van der Waals surface area contributed by atoms with Gasteiger partial charge in [-0.1, -0.05) is 46.6 Å². The standard InChI is InChI=1S/C35H42Cl2F2N2O9/c1-7-25(36)24(26(37)17-40-44)16-29(23-11-13-28(49-33(38)39)31(15-23)47-20-21-8-9-21)48-32(42)19-41(34(43)50-35(2,3)4)18-22-10-12-27(45-5)30(14-22)46-6/h7,10-15,17,21,29,33,44H,8-9,16,18-20H2,1-6H3/b25-7+,26-24+,40-17+. The van der Waals surface area contributed by atoms with Crippen LogP contribution in [0.5, 0.6) is 23.0 Å². The molecule has 0 aromatic heterocycles. The summed E-state index contributed by atoms with van der Waals surface area (Å²) in [5.74, 6) is 0.146. The van der Waals surface area contributed by atoms with Gasteiger partial charge in [0.15, 0.2) is 23.0 Å². The molecule has 2 aromatic rings. The summed E-state index contributed by atoms with van der Waals surface area (Å²) in [6.07, 6.45) is 2.30. The smallest absolute Gasteiger partial charge is 0.411 e.